The normalized spacial score (nSPS) is 14.4. The van der Waals surface area contributed by atoms with E-state index in [-0.39, 0.29) is 30.9 Å². The molecule has 0 radical (unpaired) electrons. The van der Waals surface area contributed by atoms with Crippen LogP contribution in [0, 0.1) is 13.8 Å². The van der Waals surface area contributed by atoms with Gasteiger partial charge in [0.2, 0.25) is 0 Å². The van der Waals surface area contributed by atoms with Crippen LogP contribution in [-0.4, -0.2) is 36.3 Å². The molecule has 186 valence electrons. The molecule has 0 N–H and O–H groups in total. The van der Waals surface area contributed by atoms with Crippen LogP contribution in [0.25, 0.3) is 6.08 Å². The van der Waals surface area contributed by atoms with Crippen molar-refractivity contribution >= 4 is 40.6 Å². The Bertz CT molecular complexity index is 1310. The molecule has 0 atom stereocenters. The molecule has 36 heavy (non-hydrogen) atoms. The molecule has 1 aliphatic heterocycles. The molecule has 1 heterocycles. The number of amides is 2. The van der Waals surface area contributed by atoms with Crippen LogP contribution in [-0.2, 0) is 11.4 Å². The van der Waals surface area contributed by atoms with Crippen molar-refractivity contribution in [2.45, 2.75) is 20.5 Å². The largest absolute Gasteiger partial charge is 0.493 e. The molecule has 1 saturated heterocycles. The van der Waals surface area contributed by atoms with Gasteiger partial charge in [0.05, 0.1) is 18.6 Å². The Kier molecular flexibility index (Phi) is 8.23. The van der Waals surface area contributed by atoms with E-state index < -0.39 is 0 Å². The third-order valence-electron chi connectivity index (χ3n) is 5.60. The summed E-state index contributed by atoms with van der Waals surface area (Å²) < 4.78 is 17.4. The number of imide groups is 1. The van der Waals surface area contributed by atoms with E-state index in [1.54, 1.807) is 31.4 Å². The van der Waals surface area contributed by atoms with E-state index in [1.165, 1.54) is 4.90 Å². The van der Waals surface area contributed by atoms with Gasteiger partial charge in [-0.3, -0.25) is 14.5 Å². The number of carbonyl (C=O) groups excluding carboxylic acids is 2. The van der Waals surface area contributed by atoms with Gasteiger partial charge in [-0.05, 0) is 72.6 Å². The van der Waals surface area contributed by atoms with Gasteiger partial charge in [0, 0.05) is 10.6 Å². The van der Waals surface area contributed by atoms with Crippen LogP contribution >= 0.6 is 23.4 Å². The lowest BCUT2D eigenvalue weighted by Crippen LogP contribution is -2.32. The molecule has 0 aliphatic carbocycles. The fraction of sp³-hybridized carbons (Fsp3) is 0.214. The second-order valence-electron chi connectivity index (χ2n) is 8.24. The van der Waals surface area contributed by atoms with Gasteiger partial charge in [-0.1, -0.05) is 48.0 Å². The Morgan fingerprint density at radius 3 is 2.50 bits per heavy atom. The molecule has 8 heteroatoms. The number of benzene rings is 3. The lowest BCUT2D eigenvalue weighted by Gasteiger charge is -2.15. The molecule has 3 aromatic carbocycles. The van der Waals surface area contributed by atoms with Crippen molar-refractivity contribution in [1.82, 2.24) is 4.90 Å². The number of methoxy groups -OCH3 is 1. The van der Waals surface area contributed by atoms with Gasteiger partial charge in [-0.25, -0.2) is 0 Å². The van der Waals surface area contributed by atoms with E-state index in [0.717, 1.165) is 34.2 Å². The van der Waals surface area contributed by atoms with Crippen LogP contribution < -0.4 is 14.2 Å². The number of thioether (sulfide) groups is 1. The lowest BCUT2D eigenvalue weighted by molar-refractivity contribution is -0.123. The second-order valence-corrected chi connectivity index (χ2v) is 9.67. The maximum Gasteiger partial charge on any atom is 0.293 e. The number of hydrogen-bond acceptors (Lipinski definition) is 6. The summed E-state index contributed by atoms with van der Waals surface area (Å²) in [5.74, 6) is 1.40. The Hall–Kier alpha value is -3.42. The predicted octanol–water partition coefficient (Wildman–Crippen LogP) is 6.66. The Morgan fingerprint density at radius 2 is 1.75 bits per heavy atom. The van der Waals surface area contributed by atoms with Gasteiger partial charge in [-0.2, -0.15) is 0 Å². The van der Waals surface area contributed by atoms with E-state index in [9.17, 15) is 9.59 Å². The molecule has 1 aliphatic rings. The monoisotopic (exact) mass is 523 g/mol. The van der Waals surface area contributed by atoms with Crippen LogP contribution in [0.4, 0.5) is 4.79 Å². The van der Waals surface area contributed by atoms with E-state index in [4.69, 9.17) is 25.8 Å². The van der Waals surface area contributed by atoms with Crippen molar-refractivity contribution < 1.29 is 23.8 Å². The van der Waals surface area contributed by atoms with Crippen molar-refractivity contribution in [3.8, 4) is 17.2 Å². The van der Waals surface area contributed by atoms with Gasteiger partial charge >= 0.3 is 0 Å². The van der Waals surface area contributed by atoms with Crippen LogP contribution in [0.1, 0.15) is 22.3 Å². The maximum absolute atomic E-state index is 13.0. The summed E-state index contributed by atoms with van der Waals surface area (Å²) in [7, 11) is 1.55. The number of halogens is 1. The van der Waals surface area contributed by atoms with Gasteiger partial charge in [0.25, 0.3) is 11.1 Å². The molecule has 0 spiro atoms. The molecule has 0 saturated carbocycles. The minimum Gasteiger partial charge on any atom is -0.493 e. The summed E-state index contributed by atoms with van der Waals surface area (Å²) in [4.78, 5) is 27.2. The minimum absolute atomic E-state index is 0.160. The zero-order valence-electron chi connectivity index (χ0n) is 20.2. The smallest absolute Gasteiger partial charge is 0.293 e. The molecule has 0 unspecified atom stereocenters. The molecule has 1 fully saturated rings. The summed E-state index contributed by atoms with van der Waals surface area (Å²) in [5, 5.41) is 0.314. The number of aryl methyl sites for hydroxylation is 2. The van der Waals surface area contributed by atoms with Crippen LogP contribution in [0.5, 0.6) is 17.2 Å². The van der Waals surface area contributed by atoms with Crippen LogP contribution in [0.2, 0.25) is 5.02 Å². The third kappa shape index (κ3) is 6.04. The SMILES string of the molecule is COc1cccc(/C=C2\SC(=O)N(CCOc3cc(C)ccc3C)C2=O)c1OCc1ccc(Cl)cc1. The van der Waals surface area contributed by atoms with Gasteiger partial charge in [0.1, 0.15) is 19.0 Å². The number of hydrogen-bond donors (Lipinski definition) is 0. The minimum atomic E-state index is -0.360. The van der Waals surface area contributed by atoms with E-state index in [2.05, 4.69) is 0 Å². The van der Waals surface area contributed by atoms with E-state index in [1.807, 2.05) is 56.3 Å². The highest BCUT2D eigenvalue weighted by Crippen LogP contribution is 2.37. The molecule has 0 bridgehead atoms. The topological polar surface area (TPSA) is 65.1 Å². The van der Waals surface area contributed by atoms with Crippen molar-refractivity contribution in [2.75, 3.05) is 20.3 Å². The van der Waals surface area contributed by atoms with Gasteiger partial charge < -0.3 is 14.2 Å². The first-order valence-corrected chi connectivity index (χ1v) is 12.5. The van der Waals surface area contributed by atoms with Crippen molar-refractivity contribution in [2.24, 2.45) is 0 Å². The first-order chi connectivity index (χ1) is 17.4. The zero-order chi connectivity index (χ0) is 25.7. The molecule has 4 rings (SSSR count). The summed E-state index contributed by atoms with van der Waals surface area (Å²) in [6.07, 6.45) is 1.66. The Labute approximate surface area is 219 Å². The fourth-order valence-electron chi connectivity index (χ4n) is 3.64. The zero-order valence-corrected chi connectivity index (χ0v) is 21.8. The standard InChI is InChI=1S/C28H26ClNO5S/c1-18-7-8-19(2)24(15-18)34-14-13-30-27(31)25(36-28(30)32)16-21-5-4-6-23(33-3)26(21)35-17-20-9-11-22(29)12-10-20/h4-12,15-16H,13-14,17H2,1-3H3/b25-16-. The van der Waals surface area contributed by atoms with Crippen LogP contribution in [0.3, 0.4) is 0 Å². The van der Waals surface area contributed by atoms with Crippen LogP contribution in [0.15, 0.2) is 65.6 Å². The van der Waals surface area contributed by atoms with Gasteiger partial charge in [-0.15, -0.1) is 0 Å². The van der Waals surface area contributed by atoms with E-state index in [0.29, 0.717) is 27.0 Å². The number of para-hydroxylation sites is 1. The number of nitrogens with zero attached hydrogens (tertiary/aromatic N) is 1. The van der Waals surface area contributed by atoms with Crippen molar-refractivity contribution in [3.63, 3.8) is 0 Å². The molecule has 0 aromatic heterocycles. The predicted molar refractivity (Wildman–Crippen MR) is 143 cm³/mol. The number of carbonyl (C=O) groups is 2. The highest BCUT2D eigenvalue weighted by Gasteiger charge is 2.35. The highest BCUT2D eigenvalue weighted by molar-refractivity contribution is 8.18. The highest BCUT2D eigenvalue weighted by atomic mass is 35.5. The molecular formula is C28H26ClNO5S. The third-order valence-corrected chi connectivity index (χ3v) is 6.76. The van der Waals surface area contributed by atoms with Crippen molar-refractivity contribution in [3.05, 3.63) is 92.8 Å². The Morgan fingerprint density at radius 1 is 0.972 bits per heavy atom. The quantitative estimate of drug-likeness (QED) is 0.292. The second kappa shape index (κ2) is 11.5. The summed E-state index contributed by atoms with van der Waals surface area (Å²) >= 11 is 6.87. The fourth-order valence-corrected chi connectivity index (χ4v) is 4.62. The summed E-state index contributed by atoms with van der Waals surface area (Å²) in [6, 6.07) is 18.7. The van der Waals surface area contributed by atoms with Crippen molar-refractivity contribution in [1.29, 1.82) is 0 Å². The molecule has 2 amide bonds. The van der Waals surface area contributed by atoms with Gasteiger partial charge in [0.15, 0.2) is 11.5 Å². The summed E-state index contributed by atoms with van der Waals surface area (Å²) in [6.45, 7) is 4.60. The number of ether oxygens (including phenoxy) is 3. The average molecular weight is 524 g/mol. The number of rotatable bonds is 9. The molecule has 6 nitrogen and oxygen atoms in total. The molecular weight excluding hydrogens is 498 g/mol. The Balaban J connectivity index is 1.48. The first kappa shape index (κ1) is 25.7. The van der Waals surface area contributed by atoms with E-state index >= 15 is 0 Å². The maximum atomic E-state index is 13.0. The first-order valence-electron chi connectivity index (χ1n) is 11.4. The molecule has 3 aromatic rings. The average Bonchev–Trinajstić information content (AvgIpc) is 3.13. The lowest BCUT2D eigenvalue weighted by atomic mass is 10.1. The summed E-state index contributed by atoms with van der Waals surface area (Å²) in [5.41, 5.74) is 3.65.